The first-order chi connectivity index (χ1) is 14.6. The van der Waals surface area contributed by atoms with Gasteiger partial charge in [-0.2, -0.15) is 0 Å². The van der Waals surface area contributed by atoms with Crippen molar-refractivity contribution in [2.45, 2.75) is 13.8 Å². The van der Waals surface area contributed by atoms with Gasteiger partial charge in [0.25, 0.3) is 0 Å². The molecular formula is C22H27N5O3. The van der Waals surface area contributed by atoms with E-state index < -0.39 is 0 Å². The number of carbonyl (C=O) groups is 2. The molecule has 1 amide bonds. The molecule has 2 heterocycles. The molecule has 3 rings (SSSR count). The Morgan fingerprint density at radius 2 is 1.83 bits per heavy atom. The van der Waals surface area contributed by atoms with Crippen LogP contribution in [0.1, 0.15) is 29.8 Å². The Balaban J connectivity index is 1.91. The summed E-state index contributed by atoms with van der Waals surface area (Å²) in [6.45, 7) is 10.8. The third kappa shape index (κ3) is 4.59. The number of hydrogen-bond donors (Lipinski definition) is 1. The molecule has 1 N–H and O–H groups in total. The van der Waals surface area contributed by atoms with Gasteiger partial charge in [0.15, 0.2) is 5.78 Å². The summed E-state index contributed by atoms with van der Waals surface area (Å²) < 4.78 is 5.47. The summed E-state index contributed by atoms with van der Waals surface area (Å²) in [5.41, 5.74) is 0.973. The number of nitrogens with zero attached hydrogens (tertiary/aromatic N) is 4. The zero-order chi connectivity index (χ0) is 21.5. The second kappa shape index (κ2) is 9.87. The van der Waals surface area contributed by atoms with E-state index in [1.54, 1.807) is 29.2 Å². The van der Waals surface area contributed by atoms with Crippen LogP contribution >= 0.6 is 0 Å². The van der Waals surface area contributed by atoms with E-state index in [9.17, 15) is 9.59 Å². The summed E-state index contributed by atoms with van der Waals surface area (Å²) in [4.78, 5) is 37.8. The van der Waals surface area contributed by atoms with Crippen molar-refractivity contribution in [1.82, 2.24) is 14.9 Å². The van der Waals surface area contributed by atoms with Crippen molar-refractivity contribution in [3.63, 3.8) is 0 Å². The fourth-order valence-electron chi connectivity index (χ4n) is 3.41. The molecule has 8 nitrogen and oxygen atoms in total. The second-order valence-electron chi connectivity index (χ2n) is 6.75. The second-order valence-corrected chi connectivity index (χ2v) is 6.75. The maximum Gasteiger partial charge on any atom is 0.246 e. The summed E-state index contributed by atoms with van der Waals surface area (Å²) in [6.07, 6.45) is 2.79. The topological polar surface area (TPSA) is 87.7 Å². The Labute approximate surface area is 176 Å². The molecule has 1 aliphatic heterocycles. The quantitative estimate of drug-likeness (QED) is 0.529. The number of anilines is 2. The third-order valence-electron chi connectivity index (χ3n) is 4.89. The summed E-state index contributed by atoms with van der Waals surface area (Å²) in [6, 6.07) is 7.07. The standard InChI is InChI=1S/C22H27N5O3/c1-4-18(28)26-11-13-27(14-12-26)22-19(21(23-5-2)24-15-25-22)20(29)16-7-9-17(10-8-16)30-6-3/h4,7-10,15H,1,5-6,11-14H2,2-3H3,(H,23,24,25). The van der Waals surface area contributed by atoms with Gasteiger partial charge in [0, 0.05) is 38.3 Å². The van der Waals surface area contributed by atoms with E-state index in [1.807, 2.05) is 18.7 Å². The molecule has 0 bridgehead atoms. The van der Waals surface area contributed by atoms with E-state index in [1.165, 1.54) is 12.4 Å². The third-order valence-corrected chi connectivity index (χ3v) is 4.89. The van der Waals surface area contributed by atoms with Crippen molar-refractivity contribution < 1.29 is 14.3 Å². The minimum Gasteiger partial charge on any atom is -0.494 e. The van der Waals surface area contributed by atoms with Gasteiger partial charge in [-0.1, -0.05) is 6.58 Å². The van der Waals surface area contributed by atoms with Crippen LogP contribution in [0.3, 0.4) is 0 Å². The van der Waals surface area contributed by atoms with Crippen molar-refractivity contribution in [2.24, 2.45) is 0 Å². The molecule has 1 saturated heterocycles. The van der Waals surface area contributed by atoms with E-state index in [0.29, 0.717) is 67.8 Å². The van der Waals surface area contributed by atoms with Crippen LogP contribution < -0.4 is 15.0 Å². The highest BCUT2D eigenvalue weighted by atomic mass is 16.5. The molecule has 0 atom stereocenters. The van der Waals surface area contributed by atoms with Crippen LogP contribution in [0.15, 0.2) is 43.2 Å². The van der Waals surface area contributed by atoms with Gasteiger partial charge in [0.2, 0.25) is 5.91 Å². The summed E-state index contributed by atoms with van der Waals surface area (Å²) in [5.74, 6) is 1.55. The minimum atomic E-state index is -0.158. The highest BCUT2D eigenvalue weighted by molar-refractivity contribution is 6.15. The molecule has 1 aliphatic rings. The SMILES string of the molecule is C=CC(=O)N1CCN(c2ncnc(NCC)c2C(=O)c2ccc(OCC)cc2)CC1. The lowest BCUT2D eigenvalue weighted by Crippen LogP contribution is -2.49. The molecule has 2 aromatic rings. The van der Waals surface area contributed by atoms with Crippen molar-refractivity contribution in [1.29, 1.82) is 0 Å². The number of nitrogens with one attached hydrogen (secondary N) is 1. The van der Waals surface area contributed by atoms with Crippen molar-refractivity contribution in [2.75, 3.05) is 49.5 Å². The summed E-state index contributed by atoms with van der Waals surface area (Å²) in [5, 5.41) is 3.17. The number of amides is 1. The first kappa shape index (κ1) is 21.3. The molecule has 8 heteroatoms. The number of hydrogen-bond acceptors (Lipinski definition) is 7. The number of ketones is 1. The Hall–Kier alpha value is -3.42. The van der Waals surface area contributed by atoms with Crippen molar-refractivity contribution >= 4 is 23.3 Å². The predicted molar refractivity (Wildman–Crippen MR) is 116 cm³/mol. The number of carbonyl (C=O) groups excluding carboxylic acids is 2. The smallest absolute Gasteiger partial charge is 0.246 e. The Bertz CT molecular complexity index is 905. The number of benzene rings is 1. The number of ether oxygens (including phenoxy) is 1. The van der Waals surface area contributed by atoms with E-state index >= 15 is 0 Å². The maximum absolute atomic E-state index is 13.4. The Morgan fingerprint density at radius 3 is 2.43 bits per heavy atom. The number of piperazine rings is 1. The van der Waals surface area contributed by atoms with Crippen LogP contribution in [-0.2, 0) is 4.79 Å². The van der Waals surface area contributed by atoms with Crippen LogP contribution in [0.5, 0.6) is 5.75 Å². The highest BCUT2D eigenvalue weighted by Gasteiger charge is 2.27. The minimum absolute atomic E-state index is 0.0867. The van der Waals surface area contributed by atoms with Crippen LogP contribution in [0, 0.1) is 0 Å². The zero-order valence-electron chi connectivity index (χ0n) is 17.4. The average molecular weight is 409 g/mol. The fraction of sp³-hybridized carbons (Fsp3) is 0.364. The predicted octanol–water partition coefficient (Wildman–Crippen LogP) is 2.37. The van der Waals surface area contributed by atoms with E-state index in [0.717, 1.165) is 0 Å². The Kier molecular flexibility index (Phi) is 7.00. The fourth-order valence-corrected chi connectivity index (χ4v) is 3.41. The number of rotatable bonds is 8. The van der Waals surface area contributed by atoms with Gasteiger partial charge >= 0.3 is 0 Å². The van der Waals surface area contributed by atoms with Crippen LogP contribution in [0.25, 0.3) is 0 Å². The molecular weight excluding hydrogens is 382 g/mol. The van der Waals surface area contributed by atoms with Gasteiger partial charge in [-0.15, -0.1) is 0 Å². The van der Waals surface area contributed by atoms with Gasteiger partial charge < -0.3 is 19.9 Å². The molecule has 0 saturated carbocycles. The zero-order valence-corrected chi connectivity index (χ0v) is 17.4. The van der Waals surface area contributed by atoms with Crippen molar-refractivity contribution in [3.8, 4) is 5.75 Å². The lowest BCUT2D eigenvalue weighted by atomic mass is 10.0. The van der Waals surface area contributed by atoms with Gasteiger partial charge in [0.05, 0.1) is 6.61 Å². The first-order valence-electron chi connectivity index (χ1n) is 10.1. The molecule has 1 aromatic carbocycles. The van der Waals surface area contributed by atoms with Gasteiger partial charge in [0.1, 0.15) is 29.3 Å². The maximum atomic E-state index is 13.4. The molecule has 0 spiro atoms. The van der Waals surface area contributed by atoms with E-state index in [4.69, 9.17) is 4.74 Å². The van der Waals surface area contributed by atoms with Crippen molar-refractivity contribution in [3.05, 3.63) is 54.4 Å². The lowest BCUT2D eigenvalue weighted by Gasteiger charge is -2.35. The molecule has 0 unspecified atom stereocenters. The summed E-state index contributed by atoms with van der Waals surface area (Å²) in [7, 11) is 0. The molecule has 1 aromatic heterocycles. The largest absolute Gasteiger partial charge is 0.494 e. The molecule has 0 aliphatic carbocycles. The van der Waals surface area contributed by atoms with Crippen LogP contribution in [0.2, 0.25) is 0 Å². The monoisotopic (exact) mass is 409 g/mol. The van der Waals surface area contributed by atoms with Gasteiger partial charge in [-0.25, -0.2) is 9.97 Å². The number of aromatic nitrogens is 2. The normalized spacial score (nSPS) is 13.7. The first-order valence-corrected chi connectivity index (χ1v) is 10.1. The Morgan fingerprint density at radius 1 is 1.13 bits per heavy atom. The molecule has 158 valence electrons. The molecule has 30 heavy (non-hydrogen) atoms. The van der Waals surface area contributed by atoms with Gasteiger partial charge in [-0.3, -0.25) is 9.59 Å². The van der Waals surface area contributed by atoms with Gasteiger partial charge in [-0.05, 0) is 44.2 Å². The summed E-state index contributed by atoms with van der Waals surface area (Å²) >= 11 is 0. The van der Waals surface area contributed by atoms with Crippen LogP contribution in [-0.4, -0.2) is 65.9 Å². The lowest BCUT2D eigenvalue weighted by molar-refractivity contribution is -0.126. The molecule has 0 radical (unpaired) electrons. The molecule has 1 fully saturated rings. The highest BCUT2D eigenvalue weighted by Crippen LogP contribution is 2.28. The van der Waals surface area contributed by atoms with E-state index in [2.05, 4.69) is 21.9 Å². The van der Waals surface area contributed by atoms with Crippen LogP contribution in [0.4, 0.5) is 11.6 Å². The van der Waals surface area contributed by atoms with E-state index in [-0.39, 0.29) is 11.7 Å². The average Bonchev–Trinajstić information content (AvgIpc) is 2.79.